The average Bonchev–Trinajstić information content (AvgIpc) is 2.12. The maximum atomic E-state index is 11.8. The Morgan fingerprint density at radius 2 is 1.60 bits per heavy atom. The van der Waals surface area contributed by atoms with Gasteiger partial charge in [0.15, 0.2) is 0 Å². The van der Waals surface area contributed by atoms with Gasteiger partial charge in [-0.05, 0) is 37.5 Å². The molecule has 15 heavy (non-hydrogen) atoms. The van der Waals surface area contributed by atoms with Crippen molar-refractivity contribution in [2.24, 2.45) is 0 Å². The zero-order valence-electron chi connectivity index (χ0n) is 8.70. The minimum Gasteiger partial charge on any atom is -0.289 e. The molecule has 0 saturated carbocycles. The number of rotatable bonds is 1. The number of carbonyl (C=O) groups excluding carboxylic acids is 1. The smallest absolute Gasteiger partial charge is 0.253 e. The fourth-order valence-electron chi connectivity index (χ4n) is 1.35. The number of hydrogen-bond donors (Lipinski definition) is 0. The van der Waals surface area contributed by atoms with E-state index in [0.717, 1.165) is 16.7 Å². The summed E-state index contributed by atoms with van der Waals surface area (Å²) in [4.78, 5) is 11.8. The van der Waals surface area contributed by atoms with Gasteiger partial charge in [0.25, 0.3) is 3.79 Å². The number of ketones is 1. The highest BCUT2D eigenvalue weighted by Gasteiger charge is 2.32. The summed E-state index contributed by atoms with van der Waals surface area (Å²) in [6.07, 6.45) is 0. The predicted molar refractivity (Wildman–Crippen MR) is 65.3 cm³/mol. The maximum Gasteiger partial charge on any atom is 0.253 e. The zero-order valence-corrected chi connectivity index (χ0v) is 11.0. The second kappa shape index (κ2) is 4.32. The normalized spacial score (nSPS) is 11.6. The van der Waals surface area contributed by atoms with Crippen LogP contribution in [0.1, 0.15) is 27.0 Å². The first-order valence-electron chi connectivity index (χ1n) is 4.43. The summed E-state index contributed by atoms with van der Waals surface area (Å²) in [6.45, 7) is 5.78. The van der Waals surface area contributed by atoms with Gasteiger partial charge >= 0.3 is 0 Å². The summed E-state index contributed by atoms with van der Waals surface area (Å²) in [5, 5.41) is 0. The number of hydrogen-bond acceptors (Lipinski definition) is 1. The summed E-state index contributed by atoms with van der Waals surface area (Å²) in [7, 11) is 0. The largest absolute Gasteiger partial charge is 0.289 e. The van der Waals surface area contributed by atoms with Crippen LogP contribution in [0.4, 0.5) is 0 Å². The molecule has 1 aromatic rings. The van der Waals surface area contributed by atoms with Gasteiger partial charge in [-0.15, -0.1) is 0 Å². The van der Waals surface area contributed by atoms with Crippen molar-refractivity contribution >= 4 is 40.6 Å². The number of halogens is 3. The standard InChI is InChI=1S/C11H11Cl3O/c1-6-4-5-9(8(3)7(6)2)10(15)11(12,13)14/h4-5H,1-3H3. The molecule has 0 bridgehead atoms. The van der Waals surface area contributed by atoms with Crippen LogP contribution in [0.25, 0.3) is 0 Å². The number of Topliss-reactive ketones (excluding diaryl/α,β-unsaturated/α-hetero) is 1. The molecule has 1 nitrogen and oxygen atoms in total. The molecule has 0 spiro atoms. The summed E-state index contributed by atoms with van der Waals surface area (Å²) in [5.74, 6) is -0.479. The molecule has 0 saturated heterocycles. The molecule has 0 aliphatic rings. The molecular weight excluding hydrogens is 254 g/mol. The third-order valence-corrected chi connectivity index (χ3v) is 3.08. The van der Waals surface area contributed by atoms with Crippen LogP contribution in [0.5, 0.6) is 0 Å². The molecule has 0 radical (unpaired) electrons. The topological polar surface area (TPSA) is 17.1 Å². The van der Waals surface area contributed by atoms with E-state index in [2.05, 4.69) is 0 Å². The molecule has 0 aliphatic heterocycles. The number of aryl methyl sites for hydroxylation is 1. The Morgan fingerprint density at radius 3 is 2.07 bits per heavy atom. The van der Waals surface area contributed by atoms with Gasteiger partial charge in [0.1, 0.15) is 0 Å². The molecule has 0 aromatic heterocycles. The van der Waals surface area contributed by atoms with Crippen molar-refractivity contribution < 1.29 is 4.79 Å². The Balaban J connectivity index is 3.29. The summed E-state index contributed by atoms with van der Waals surface area (Å²) in [5.41, 5.74) is 3.51. The van der Waals surface area contributed by atoms with Gasteiger partial charge in [-0.25, -0.2) is 0 Å². The highest BCUT2D eigenvalue weighted by Crippen LogP contribution is 2.32. The van der Waals surface area contributed by atoms with Crippen molar-refractivity contribution in [3.05, 3.63) is 34.4 Å². The Hall–Kier alpha value is -0.240. The number of benzene rings is 1. The van der Waals surface area contributed by atoms with Crippen LogP contribution in [-0.4, -0.2) is 9.58 Å². The minimum atomic E-state index is -1.88. The van der Waals surface area contributed by atoms with E-state index < -0.39 is 9.58 Å². The predicted octanol–water partition coefficient (Wildman–Crippen LogP) is 4.16. The van der Waals surface area contributed by atoms with Crippen LogP contribution in [0.2, 0.25) is 0 Å². The van der Waals surface area contributed by atoms with Crippen LogP contribution in [-0.2, 0) is 0 Å². The van der Waals surface area contributed by atoms with E-state index in [1.54, 1.807) is 6.07 Å². The van der Waals surface area contributed by atoms with Gasteiger partial charge < -0.3 is 0 Å². The molecular formula is C11H11Cl3O. The van der Waals surface area contributed by atoms with Crippen LogP contribution >= 0.6 is 34.8 Å². The Morgan fingerprint density at radius 1 is 1.07 bits per heavy atom. The molecule has 0 N–H and O–H groups in total. The molecule has 1 rings (SSSR count). The molecule has 4 heteroatoms. The second-order valence-electron chi connectivity index (χ2n) is 3.51. The van der Waals surface area contributed by atoms with E-state index in [-0.39, 0.29) is 0 Å². The lowest BCUT2D eigenvalue weighted by Crippen LogP contribution is -2.20. The SMILES string of the molecule is Cc1ccc(C(=O)C(Cl)(Cl)Cl)c(C)c1C. The molecule has 0 aliphatic carbocycles. The first-order chi connectivity index (χ1) is 6.75. The van der Waals surface area contributed by atoms with E-state index >= 15 is 0 Å². The highest BCUT2D eigenvalue weighted by atomic mass is 35.6. The third kappa shape index (κ3) is 2.66. The summed E-state index contributed by atoms with van der Waals surface area (Å²) in [6, 6.07) is 3.55. The summed E-state index contributed by atoms with van der Waals surface area (Å²) < 4.78 is -1.88. The Labute approximate surface area is 104 Å². The van der Waals surface area contributed by atoms with Gasteiger partial charge in [-0.1, -0.05) is 46.9 Å². The van der Waals surface area contributed by atoms with Crippen LogP contribution in [0, 0.1) is 20.8 Å². The minimum absolute atomic E-state index is 0.470. The monoisotopic (exact) mass is 264 g/mol. The van der Waals surface area contributed by atoms with Crippen molar-refractivity contribution in [1.29, 1.82) is 0 Å². The fourth-order valence-corrected chi connectivity index (χ4v) is 1.66. The summed E-state index contributed by atoms with van der Waals surface area (Å²) >= 11 is 16.7. The second-order valence-corrected chi connectivity index (χ2v) is 5.79. The quantitative estimate of drug-likeness (QED) is 0.550. The van der Waals surface area contributed by atoms with Gasteiger partial charge in [-0.3, -0.25) is 4.79 Å². The van der Waals surface area contributed by atoms with Crippen molar-refractivity contribution in [2.75, 3.05) is 0 Å². The molecule has 0 atom stereocenters. The van der Waals surface area contributed by atoms with Crippen molar-refractivity contribution in [3.63, 3.8) is 0 Å². The van der Waals surface area contributed by atoms with Crippen molar-refractivity contribution in [3.8, 4) is 0 Å². The van der Waals surface area contributed by atoms with E-state index in [4.69, 9.17) is 34.8 Å². The fraction of sp³-hybridized carbons (Fsp3) is 0.364. The van der Waals surface area contributed by atoms with Crippen LogP contribution in [0.3, 0.4) is 0 Å². The highest BCUT2D eigenvalue weighted by molar-refractivity contribution is 6.77. The van der Waals surface area contributed by atoms with Gasteiger partial charge in [0.2, 0.25) is 5.78 Å². The molecule has 1 aromatic carbocycles. The lowest BCUT2D eigenvalue weighted by Gasteiger charge is -2.14. The molecule has 0 heterocycles. The van der Waals surface area contributed by atoms with Crippen molar-refractivity contribution in [1.82, 2.24) is 0 Å². The molecule has 0 unspecified atom stereocenters. The number of carbonyl (C=O) groups is 1. The maximum absolute atomic E-state index is 11.8. The van der Waals surface area contributed by atoms with E-state index in [1.807, 2.05) is 26.8 Å². The lowest BCUT2D eigenvalue weighted by atomic mass is 9.97. The Kier molecular flexibility index (Phi) is 3.70. The Bertz CT molecular complexity index is 405. The average molecular weight is 266 g/mol. The van der Waals surface area contributed by atoms with Gasteiger partial charge in [0, 0.05) is 5.56 Å². The first kappa shape index (κ1) is 12.8. The van der Waals surface area contributed by atoms with Crippen molar-refractivity contribution in [2.45, 2.75) is 24.6 Å². The first-order valence-corrected chi connectivity index (χ1v) is 5.57. The molecule has 0 amide bonds. The zero-order chi connectivity index (χ0) is 11.8. The van der Waals surface area contributed by atoms with Crippen LogP contribution < -0.4 is 0 Å². The number of alkyl halides is 3. The van der Waals surface area contributed by atoms with E-state index in [9.17, 15) is 4.79 Å². The van der Waals surface area contributed by atoms with Crippen LogP contribution in [0.15, 0.2) is 12.1 Å². The molecule has 0 fully saturated rings. The van der Waals surface area contributed by atoms with Gasteiger partial charge in [0.05, 0.1) is 0 Å². The van der Waals surface area contributed by atoms with E-state index in [1.165, 1.54) is 0 Å². The lowest BCUT2D eigenvalue weighted by molar-refractivity contribution is 0.0995. The third-order valence-electron chi connectivity index (χ3n) is 2.56. The van der Waals surface area contributed by atoms with Gasteiger partial charge in [-0.2, -0.15) is 0 Å². The van der Waals surface area contributed by atoms with E-state index in [0.29, 0.717) is 5.56 Å². The molecule has 82 valence electrons.